The van der Waals surface area contributed by atoms with Gasteiger partial charge in [0, 0.05) is 43.2 Å². The molecule has 2 rings (SSSR count). The van der Waals surface area contributed by atoms with E-state index in [2.05, 4.69) is 33.9 Å². The van der Waals surface area contributed by atoms with Gasteiger partial charge in [-0.3, -0.25) is 15.2 Å². The standard InChI is InChI=1S/C12H16N4O/c1-16-8-4-11(5-9-16)14-15-12(17)10-2-6-13-7-3-10/h2-4,6-7,14H,5,8-9H2,1H3,(H,15,17). The summed E-state index contributed by atoms with van der Waals surface area (Å²) in [6.45, 7) is 1.91. The van der Waals surface area contributed by atoms with Crippen LogP contribution in [0.1, 0.15) is 16.8 Å². The van der Waals surface area contributed by atoms with Crippen LogP contribution in [0.25, 0.3) is 0 Å². The summed E-state index contributed by atoms with van der Waals surface area (Å²) >= 11 is 0. The van der Waals surface area contributed by atoms with Gasteiger partial charge in [0.15, 0.2) is 0 Å². The van der Waals surface area contributed by atoms with Crippen LogP contribution in [0.4, 0.5) is 0 Å². The Balaban J connectivity index is 1.85. The van der Waals surface area contributed by atoms with Crippen LogP contribution in [0.3, 0.4) is 0 Å². The topological polar surface area (TPSA) is 57.3 Å². The summed E-state index contributed by atoms with van der Waals surface area (Å²) in [5.41, 5.74) is 7.29. The number of carbonyl (C=O) groups excluding carboxylic acids is 1. The lowest BCUT2D eigenvalue weighted by molar-refractivity contribution is 0.0937. The van der Waals surface area contributed by atoms with Crippen LogP contribution >= 0.6 is 0 Å². The van der Waals surface area contributed by atoms with E-state index in [1.807, 2.05) is 0 Å². The molecular weight excluding hydrogens is 216 g/mol. The number of hydrogen-bond donors (Lipinski definition) is 2. The van der Waals surface area contributed by atoms with E-state index in [1.54, 1.807) is 24.5 Å². The van der Waals surface area contributed by atoms with Crippen molar-refractivity contribution in [2.45, 2.75) is 6.42 Å². The van der Waals surface area contributed by atoms with E-state index >= 15 is 0 Å². The zero-order valence-corrected chi connectivity index (χ0v) is 9.81. The van der Waals surface area contributed by atoms with Crippen molar-refractivity contribution in [3.63, 3.8) is 0 Å². The number of hydrazine groups is 1. The average Bonchev–Trinajstić information content (AvgIpc) is 2.39. The van der Waals surface area contributed by atoms with E-state index < -0.39 is 0 Å². The van der Waals surface area contributed by atoms with E-state index in [-0.39, 0.29) is 5.91 Å². The van der Waals surface area contributed by atoms with E-state index in [4.69, 9.17) is 0 Å². The van der Waals surface area contributed by atoms with Gasteiger partial charge < -0.3 is 10.3 Å². The molecule has 5 nitrogen and oxygen atoms in total. The number of carbonyl (C=O) groups is 1. The molecule has 2 heterocycles. The lowest BCUT2D eigenvalue weighted by Gasteiger charge is -2.22. The van der Waals surface area contributed by atoms with Crippen LogP contribution in [-0.4, -0.2) is 35.9 Å². The van der Waals surface area contributed by atoms with Crippen LogP contribution in [0.15, 0.2) is 36.3 Å². The molecule has 0 unspecified atom stereocenters. The molecule has 90 valence electrons. The van der Waals surface area contributed by atoms with Crippen LogP contribution in [0, 0.1) is 0 Å². The minimum absolute atomic E-state index is 0.146. The van der Waals surface area contributed by atoms with E-state index in [0.29, 0.717) is 5.56 Å². The third kappa shape index (κ3) is 3.29. The molecular formula is C12H16N4O. The molecule has 0 atom stereocenters. The highest BCUT2D eigenvalue weighted by Gasteiger charge is 2.09. The smallest absolute Gasteiger partial charge is 0.269 e. The third-order valence-corrected chi connectivity index (χ3v) is 2.69. The number of aromatic nitrogens is 1. The van der Waals surface area contributed by atoms with E-state index in [1.165, 1.54) is 0 Å². The maximum atomic E-state index is 11.7. The molecule has 2 N–H and O–H groups in total. The van der Waals surface area contributed by atoms with Gasteiger partial charge in [-0.05, 0) is 25.3 Å². The van der Waals surface area contributed by atoms with Gasteiger partial charge in [0.25, 0.3) is 5.91 Å². The Kier molecular flexibility index (Phi) is 3.72. The molecule has 0 fully saturated rings. The number of amides is 1. The Morgan fingerprint density at radius 1 is 1.41 bits per heavy atom. The molecule has 0 bridgehead atoms. The SMILES string of the molecule is CN1CC=C(NNC(=O)c2ccncc2)CC1. The molecule has 0 aromatic carbocycles. The molecule has 5 heteroatoms. The van der Waals surface area contributed by atoms with E-state index in [9.17, 15) is 4.79 Å². The summed E-state index contributed by atoms with van der Waals surface area (Å²) in [7, 11) is 2.07. The minimum Gasteiger partial charge on any atom is -0.303 e. The lowest BCUT2D eigenvalue weighted by atomic mass is 10.2. The van der Waals surface area contributed by atoms with Gasteiger partial charge in [0.2, 0.25) is 0 Å². The van der Waals surface area contributed by atoms with Crippen molar-refractivity contribution in [3.05, 3.63) is 41.9 Å². The fourth-order valence-electron chi connectivity index (χ4n) is 1.60. The first-order valence-corrected chi connectivity index (χ1v) is 5.59. The second-order valence-electron chi connectivity index (χ2n) is 4.06. The van der Waals surface area contributed by atoms with Crippen LogP contribution in [-0.2, 0) is 0 Å². The number of rotatable bonds is 3. The summed E-state index contributed by atoms with van der Waals surface area (Å²) in [5.74, 6) is -0.146. The molecule has 0 aliphatic carbocycles. The van der Waals surface area contributed by atoms with Gasteiger partial charge in [-0.15, -0.1) is 0 Å². The number of hydrogen-bond acceptors (Lipinski definition) is 4. The summed E-state index contributed by atoms with van der Waals surface area (Å²) in [5, 5.41) is 0. The van der Waals surface area contributed by atoms with Gasteiger partial charge in [0.1, 0.15) is 0 Å². The molecule has 1 amide bonds. The van der Waals surface area contributed by atoms with Crippen molar-refractivity contribution in [2.24, 2.45) is 0 Å². The fraction of sp³-hybridized carbons (Fsp3) is 0.333. The fourth-order valence-corrected chi connectivity index (χ4v) is 1.60. The molecule has 1 aliphatic heterocycles. The van der Waals surface area contributed by atoms with Crippen LogP contribution in [0.2, 0.25) is 0 Å². The normalized spacial score (nSPS) is 16.2. The first kappa shape index (κ1) is 11.6. The summed E-state index contributed by atoms with van der Waals surface area (Å²) < 4.78 is 0. The highest BCUT2D eigenvalue weighted by Crippen LogP contribution is 2.04. The predicted octanol–water partition coefficient (Wildman–Crippen LogP) is 0.535. The molecule has 17 heavy (non-hydrogen) atoms. The number of nitrogens with one attached hydrogen (secondary N) is 2. The summed E-state index contributed by atoms with van der Waals surface area (Å²) in [6, 6.07) is 3.36. The van der Waals surface area contributed by atoms with Crippen LogP contribution < -0.4 is 10.9 Å². The Bertz CT molecular complexity index is 416. The second kappa shape index (κ2) is 5.45. The average molecular weight is 232 g/mol. The molecule has 0 radical (unpaired) electrons. The van der Waals surface area contributed by atoms with Gasteiger partial charge >= 0.3 is 0 Å². The van der Waals surface area contributed by atoms with Crippen molar-refractivity contribution in [3.8, 4) is 0 Å². The van der Waals surface area contributed by atoms with Gasteiger partial charge in [-0.25, -0.2) is 0 Å². The first-order valence-electron chi connectivity index (χ1n) is 5.59. The summed E-state index contributed by atoms with van der Waals surface area (Å²) in [6.07, 6.45) is 6.21. The largest absolute Gasteiger partial charge is 0.303 e. The van der Waals surface area contributed by atoms with Crippen molar-refractivity contribution in [2.75, 3.05) is 20.1 Å². The lowest BCUT2D eigenvalue weighted by Crippen LogP contribution is -2.39. The van der Waals surface area contributed by atoms with Gasteiger partial charge in [0.05, 0.1) is 0 Å². The quantitative estimate of drug-likeness (QED) is 0.747. The zero-order chi connectivity index (χ0) is 12.1. The van der Waals surface area contributed by atoms with Gasteiger partial charge in [-0.1, -0.05) is 0 Å². The highest BCUT2D eigenvalue weighted by molar-refractivity contribution is 5.93. The minimum atomic E-state index is -0.146. The third-order valence-electron chi connectivity index (χ3n) is 2.69. The number of pyridine rings is 1. The Morgan fingerprint density at radius 3 is 2.82 bits per heavy atom. The van der Waals surface area contributed by atoms with Crippen molar-refractivity contribution in [1.29, 1.82) is 0 Å². The Hall–Kier alpha value is -1.88. The zero-order valence-electron chi connectivity index (χ0n) is 9.81. The van der Waals surface area contributed by atoms with Crippen molar-refractivity contribution >= 4 is 5.91 Å². The maximum Gasteiger partial charge on any atom is 0.269 e. The number of likely N-dealkylation sites (N-methyl/N-ethyl adjacent to an activating group) is 1. The van der Waals surface area contributed by atoms with Crippen molar-refractivity contribution < 1.29 is 4.79 Å². The molecule has 0 spiro atoms. The predicted molar refractivity (Wildman–Crippen MR) is 65.0 cm³/mol. The highest BCUT2D eigenvalue weighted by atomic mass is 16.2. The number of nitrogens with zero attached hydrogens (tertiary/aromatic N) is 2. The Morgan fingerprint density at radius 2 is 2.18 bits per heavy atom. The van der Waals surface area contributed by atoms with Crippen LogP contribution in [0.5, 0.6) is 0 Å². The molecule has 1 aliphatic rings. The molecule has 1 aromatic heterocycles. The monoisotopic (exact) mass is 232 g/mol. The maximum absolute atomic E-state index is 11.7. The van der Waals surface area contributed by atoms with Crippen molar-refractivity contribution in [1.82, 2.24) is 20.7 Å². The molecule has 0 saturated heterocycles. The molecule has 1 aromatic rings. The second-order valence-corrected chi connectivity index (χ2v) is 4.06. The molecule has 0 saturated carbocycles. The summed E-state index contributed by atoms with van der Waals surface area (Å²) in [4.78, 5) is 17.8. The van der Waals surface area contributed by atoms with E-state index in [0.717, 1.165) is 25.2 Å². The first-order chi connectivity index (χ1) is 8.25. The van der Waals surface area contributed by atoms with Gasteiger partial charge in [-0.2, -0.15) is 0 Å². The Labute approximate surface area is 101 Å².